The fraction of sp³-hybridized carbons (Fsp3) is 0.409. The van der Waals surface area contributed by atoms with Gasteiger partial charge in [-0.05, 0) is 36.6 Å². The summed E-state index contributed by atoms with van der Waals surface area (Å²) in [7, 11) is -3.50. The first-order valence-electron chi connectivity index (χ1n) is 10.3. The maximum absolute atomic E-state index is 12.9. The Morgan fingerprint density at radius 3 is 2.55 bits per heavy atom. The van der Waals surface area contributed by atoms with Crippen molar-refractivity contribution in [1.29, 1.82) is 0 Å². The summed E-state index contributed by atoms with van der Waals surface area (Å²) in [6, 6.07) is 15.0. The van der Waals surface area contributed by atoms with Gasteiger partial charge in [0.25, 0.3) is 5.91 Å². The largest absolute Gasteiger partial charge is 0.323 e. The van der Waals surface area contributed by atoms with E-state index in [4.69, 9.17) is 0 Å². The zero-order valence-corrected chi connectivity index (χ0v) is 17.4. The number of sulfonamides is 1. The van der Waals surface area contributed by atoms with Crippen LogP contribution in [0.15, 0.2) is 53.4 Å². The molecule has 7 heteroatoms. The molecule has 2 N–H and O–H groups in total. The average Bonchev–Trinajstić information content (AvgIpc) is 2.74. The standard InChI is InChI=1S/C22H27N3O3S/c26-22(17-24-14-11-18-7-2-3-8-19(18)16-24)23-20-9-6-10-21(15-20)29(27,28)25-12-4-1-5-13-25/h2-3,6-10,15H,1,4-5,11-14,16-17H2,(H,23,26)/p+1. The molecule has 1 amide bonds. The Morgan fingerprint density at radius 1 is 1.00 bits per heavy atom. The second kappa shape index (κ2) is 8.65. The smallest absolute Gasteiger partial charge is 0.279 e. The van der Waals surface area contributed by atoms with Crippen molar-refractivity contribution in [2.75, 3.05) is 31.5 Å². The molecule has 0 saturated carbocycles. The van der Waals surface area contributed by atoms with Crippen molar-refractivity contribution < 1.29 is 18.1 Å². The van der Waals surface area contributed by atoms with Crippen molar-refractivity contribution >= 4 is 21.6 Å². The molecular weight excluding hydrogens is 386 g/mol. The van der Waals surface area contributed by atoms with Gasteiger partial charge in [-0.1, -0.05) is 36.8 Å². The fourth-order valence-corrected chi connectivity index (χ4v) is 5.78. The third-order valence-corrected chi connectivity index (χ3v) is 7.68. The van der Waals surface area contributed by atoms with E-state index in [0.29, 0.717) is 25.3 Å². The van der Waals surface area contributed by atoms with Gasteiger partial charge in [0.15, 0.2) is 6.54 Å². The van der Waals surface area contributed by atoms with Crippen LogP contribution < -0.4 is 10.2 Å². The monoisotopic (exact) mass is 414 g/mol. The summed E-state index contributed by atoms with van der Waals surface area (Å²) in [6.07, 6.45) is 3.85. The van der Waals surface area contributed by atoms with Gasteiger partial charge in [-0.25, -0.2) is 8.42 Å². The topological polar surface area (TPSA) is 70.9 Å². The Labute approximate surface area is 172 Å². The van der Waals surface area contributed by atoms with Gasteiger partial charge in [-0.2, -0.15) is 4.31 Å². The molecule has 1 saturated heterocycles. The lowest BCUT2D eigenvalue weighted by molar-refractivity contribution is -0.907. The number of quaternary nitrogens is 1. The third kappa shape index (κ3) is 4.69. The van der Waals surface area contributed by atoms with Gasteiger partial charge in [0.05, 0.1) is 11.4 Å². The minimum atomic E-state index is -3.50. The SMILES string of the molecule is O=C(C[NH+]1CCc2ccccc2C1)Nc1cccc(S(=O)(=O)N2CCCCC2)c1. The van der Waals surface area contributed by atoms with E-state index in [1.165, 1.54) is 16.0 Å². The van der Waals surface area contributed by atoms with Crippen molar-refractivity contribution in [1.82, 2.24) is 4.31 Å². The van der Waals surface area contributed by atoms with E-state index >= 15 is 0 Å². The van der Waals surface area contributed by atoms with Gasteiger partial charge in [-0.3, -0.25) is 4.79 Å². The number of carbonyl (C=O) groups is 1. The molecule has 29 heavy (non-hydrogen) atoms. The minimum Gasteiger partial charge on any atom is -0.323 e. The summed E-state index contributed by atoms with van der Waals surface area (Å²) >= 11 is 0. The molecule has 0 bridgehead atoms. The van der Waals surface area contributed by atoms with Crippen LogP contribution in [0.4, 0.5) is 5.69 Å². The number of piperidine rings is 1. The summed E-state index contributed by atoms with van der Waals surface area (Å²) in [5.41, 5.74) is 3.20. The predicted molar refractivity (Wildman–Crippen MR) is 112 cm³/mol. The second-order valence-corrected chi connectivity index (χ2v) is 9.85. The number of hydrogen-bond acceptors (Lipinski definition) is 3. The van der Waals surface area contributed by atoms with Crippen LogP contribution in [0.2, 0.25) is 0 Å². The van der Waals surface area contributed by atoms with E-state index in [1.54, 1.807) is 28.6 Å². The number of rotatable bonds is 5. The summed E-state index contributed by atoms with van der Waals surface area (Å²) in [4.78, 5) is 14.0. The number of benzene rings is 2. The van der Waals surface area contributed by atoms with E-state index < -0.39 is 10.0 Å². The van der Waals surface area contributed by atoms with Crippen LogP contribution in [0.3, 0.4) is 0 Å². The highest BCUT2D eigenvalue weighted by Crippen LogP contribution is 2.22. The van der Waals surface area contributed by atoms with Crippen LogP contribution in [0, 0.1) is 0 Å². The Morgan fingerprint density at radius 2 is 1.76 bits per heavy atom. The Balaban J connectivity index is 1.40. The van der Waals surface area contributed by atoms with Crippen LogP contribution >= 0.6 is 0 Å². The normalized spacial score (nSPS) is 20.1. The summed E-state index contributed by atoms with van der Waals surface area (Å²) in [5.74, 6) is -0.0908. The fourth-order valence-electron chi connectivity index (χ4n) is 4.21. The maximum atomic E-state index is 12.9. The molecule has 4 rings (SSSR count). The van der Waals surface area contributed by atoms with Crippen molar-refractivity contribution in [2.45, 2.75) is 37.1 Å². The molecule has 1 atom stereocenters. The highest BCUT2D eigenvalue weighted by Gasteiger charge is 2.26. The van der Waals surface area contributed by atoms with Gasteiger partial charge in [0, 0.05) is 30.8 Å². The molecule has 2 aromatic rings. The molecule has 2 aliphatic heterocycles. The number of carbonyl (C=O) groups excluding carboxylic acids is 1. The first-order valence-corrected chi connectivity index (χ1v) is 11.8. The van der Waals surface area contributed by atoms with Crippen molar-refractivity contribution in [2.24, 2.45) is 0 Å². The third-order valence-electron chi connectivity index (χ3n) is 5.79. The molecule has 0 spiro atoms. The molecule has 2 heterocycles. The number of hydrogen-bond donors (Lipinski definition) is 2. The lowest BCUT2D eigenvalue weighted by Crippen LogP contribution is -3.12. The summed E-state index contributed by atoms with van der Waals surface area (Å²) in [6.45, 7) is 3.27. The first-order chi connectivity index (χ1) is 14.0. The molecule has 2 aliphatic rings. The van der Waals surface area contributed by atoms with Gasteiger partial charge in [-0.15, -0.1) is 0 Å². The second-order valence-electron chi connectivity index (χ2n) is 7.91. The van der Waals surface area contributed by atoms with Gasteiger partial charge in [0.1, 0.15) is 6.54 Å². The van der Waals surface area contributed by atoms with Crippen LogP contribution in [-0.4, -0.2) is 44.8 Å². The molecule has 0 aromatic heterocycles. The molecule has 1 unspecified atom stereocenters. The molecule has 0 radical (unpaired) electrons. The summed E-state index contributed by atoms with van der Waals surface area (Å²) < 4.78 is 27.3. The highest BCUT2D eigenvalue weighted by molar-refractivity contribution is 7.89. The molecular formula is C22H28N3O3S+. The van der Waals surface area contributed by atoms with Crippen molar-refractivity contribution in [3.8, 4) is 0 Å². The molecule has 154 valence electrons. The minimum absolute atomic E-state index is 0.0908. The van der Waals surface area contributed by atoms with Crippen LogP contribution in [0.5, 0.6) is 0 Å². The maximum Gasteiger partial charge on any atom is 0.279 e. The quantitative estimate of drug-likeness (QED) is 0.778. The van der Waals surface area contributed by atoms with Gasteiger partial charge >= 0.3 is 0 Å². The van der Waals surface area contributed by atoms with E-state index in [9.17, 15) is 13.2 Å². The predicted octanol–water partition coefficient (Wildman–Crippen LogP) is 1.44. The Bertz CT molecular complexity index is 984. The number of nitrogens with one attached hydrogen (secondary N) is 2. The zero-order valence-electron chi connectivity index (χ0n) is 16.6. The van der Waals surface area contributed by atoms with Crippen molar-refractivity contribution in [3.63, 3.8) is 0 Å². The first kappa shape index (κ1) is 20.1. The Kier molecular flexibility index (Phi) is 5.99. The number of nitrogens with zero attached hydrogens (tertiary/aromatic N) is 1. The highest BCUT2D eigenvalue weighted by atomic mass is 32.2. The van der Waals surface area contributed by atoms with E-state index in [0.717, 1.165) is 38.8 Å². The molecule has 6 nitrogen and oxygen atoms in total. The van der Waals surface area contributed by atoms with Crippen molar-refractivity contribution in [3.05, 3.63) is 59.7 Å². The van der Waals surface area contributed by atoms with Gasteiger partial charge < -0.3 is 10.2 Å². The summed E-state index contributed by atoms with van der Waals surface area (Å²) in [5, 5.41) is 2.89. The van der Waals surface area contributed by atoms with E-state index in [2.05, 4.69) is 23.5 Å². The molecule has 2 aromatic carbocycles. The number of amides is 1. The average molecular weight is 415 g/mol. The number of anilines is 1. The molecule has 1 fully saturated rings. The van der Waals surface area contributed by atoms with E-state index in [1.807, 2.05) is 6.07 Å². The zero-order chi connectivity index (χ0) is 20.3. The Hall–Kier alpha value is -2.22. The van der Waals surface area contributed by atoms with Crippen LogP contribution in [-0.2, 0) is 27.8 Å². The van der Waals surface area contributed by atoms with Crippen LogP contribution in [0.25, 0.3) is 0 Å². The van der Waals surface area contributed by atoms with Gasteiger partial charge in [0.2, 0.25) is 10.0 Å². The number of fused-ring (bicyclic) bond motifs is 1. The lowest BCUT2D eigenvalue weighted by Gasteiger charge is -2.26. The molecule has 0 aliphatic carbocycles. The van der Waals surface area contributed by atoms with Crippen LogP contribution in [0.1, 0.15) is 30.4 Å². The van der Waals surface area contributed by atoms with E-state index in [-0.39, 0.29) is 10.8 Å². The lowest BCUT2D eigenvalue weighted by atomic mass is 10.00.